The summed E-state index contributed by atoms with van der Waals surface area (Å²) in [6, 6.07) is 24.7. The minimum absolute atomic E-state index is 0.0346. The van der Waals surface area contributed by atoms with Gasteiger partial charge in [-0.25, -0.2) is 4.79 Å². The van der Waals surface area contributed by atoms with Gasteiger partial charge in [-0.2, -0.15) is 24.9 Å². The Kier molecular flexibility index (Phi) is 11.3. The zero-order valence-electron chi connectivity index (χ0n) is 23.4. The van der Waals surface area contributed by atoms with Crippen molar-refractivity contribution in [3.05, 3.63) is 136 Å². The maximum atomic E-state index is 13.3. The molecule has 0 aromatic heterocycles. The molecule has 0 bridgehead atoms. The van der Waals surface area contributed by atoms with Crippen LogP contribution in [0.4, 0.5) is 13.2 Å². The normalized spacial score (nSPS) is 12.2. The third kappa shape index (κ3) is 10.2. The number of carboxylic acids is 1. The lowest BCUT2D eigenvalue weighted by molar-refractivity contribution is -0.140. The van der Waals surface area contributed by atoms with Crippen molar-refractivity contribution in [3.63, 3.8) is 0 Å². The second-order valence-corrected chi connectivity index (χ2v) is 11.0. The number of carbonyl (C=O) groups excluding carboxylic acids is 2. The number of thioether (sulfide) groups is 1. The molecule has 232 valence electrons. The highest BCUT2D eigenvalue weighted by molar-refractivity contribution is 7.98. The number of aliphatic carboxylic acids is 1. The first-order valence-electron chi connectivity index (χ1n) is 13.4. The highest BCUT2D eigenvalue weighted by Gasteiger charge is 2.30. The van der Waals surface area contributed by atoms with Gasteiger partial charge in [0.05, 0.1) is 5.56 Å². The third-order valence-corrected chi connectivity index (χ3v) is 7.57. The molecule has 1 unspecified atom stereocenters. The van der Waals surface area contributed by atoms with Crippen molar-refractivity contribution in [2.24, 2.45) is 0 Å². The summed E-state index contributed by atoms with van der Waals surface area (Å²) in [7, 11) is 0. The van der Waals surface area contributed by atoms with Crippen LogP contribution in [0.25, 0.3) is 6.08 Å². The van der Waals surface area contributed by atoms with Gasteiger partial charge in [-0.05, 0) is 77.9 Å². The van der Waals surface area contributed by atoms with Crippen LogP contribution >= 0.6 is 23.4 Å². The molecule has 7 nitrogen and oxygen atoms in total. The number of halogens is 4. The summed E-state index contributed by atoms with van der Waals surface area (Å²) in [5.41, 5.74) is 0.0328. The molecule has 1 atom stereocenters. The fraction of sp³-hybridized carbons (Fsp3) is 0.121. The van der Waals surface area contributed by atoms with Crippen molar-refractivity contribution in [1.82, 2.24) is 10.6 Å². The molecule has 45 heavy (non-hydrogen) atoms. The average molecular weight is 655 g/mol. The van der Waals surface area contributed by atoms with Crippen LogP contribution in [-0.4, -0.2) is 34.7 Å². The molecule has 4 aromatic carbocycles. The number of carbonyl (C=O) groups is 3. The Morgan fingerprint density at radius 1 is 0.867 bits per heavy atom. The number of hydrogen-bond donors (Lipinski definition) is 3. The Morgan fingerprint density at radius 3 is 2.04 bits per heavy atom. The highest BCUT2D eigenvalue weighted by atomic mass is 35.5. The zero-order valence-corrected chi connectivity index (χ0v) is 25.0. The molecule has 3 N–H and O–H groups in total. The Bertz CT molecular complexity index is 1650. The summed E-state index contributed by atoms with van der Waals surface area (Å²) < 4.78 is 44.7. The van der Waals surface area contributed by atoms with Crippen molar-refractivity contribution in [3.8, 4) is 11.5 Å². The maximum absolute atomic E-state index is 13.3. The van der Waals surface area contributed by atoms with E-state index in [-0.39, 0.29) is 17.0 Å². The van der Waals surface area contributed by atoms with Gasteiger partial charge in [0.2, 0.25) is 0 Å². The summed E-state index contributed by atoms with van der Waals surface area (Å²) in [4.78, 5) is 38.3. The molecule has 12 heteroatoms. The number of alkyl halides is 3. The van der Waals surface area contributed by atoms with E-state index in [0.29, 0.717) is 27.8 Å². The number of ether oxygens (including phenoxy) is 1. The van der Waals surface area contributed by atoms with Crippen LogP contribution in [0.3, 0.4) is 0 Å². The summed E-state index contributed by atoms with van der Waals surface area (Å²) in [6.45, 7) is 0. The van der Waals surface area contributed by atoms with E-state index in [1.165, 1.54) is 17.8 Å². The Labute approximate surface area is 266 Å². The Hall–Kier alpha value is -4.74. The molecule has 0 aliphatic heterocycles. The minimum atomic E-state index is -4.59. The van der Waals surface area contributed by atoms with Crippen molar-refractivity contribution >= 4 is 47.2 Å². The van der Waals surface area contributed by atoms with Crippen molar-refractivity contribution in [2.45, 2.75) is 18.0 Å². The third-order valence-electron chi connectivity index (χ3n) is 6.21. The molecule has 0 fully saturated rings. The first-order chi connectivity index (χ1) is 21.5. The first-order valence-corrected chi connectivity index (χ1v) is 14.9. The van der Waals surface area contributed by atoms with Crippen LogP contribution in [0.5, 0.6) is 11.5 Å². The number of rotatable bonds is 12. The molecule has 4 aromatic rings. The number of hydrogen-bond acceptors (Lipinski definition) is 5. The summed E-state index contributed by atoms with van der Waals surface area (Å²) in [6.07, 6.45) is -3.27. The largest absolute Gasteiger partial charge is 0.480 e. The van der Waals surface area contributed by atoms with Gasteiger partial charge >= 0.3 is 12.1 Å². The van der Waals surface area contributed by atoms with E-state index in [4.69, 9.17) is 16.3 Å². The van der Waals surface area contributed by atoms with E-state index < -0.39 is 35.6 Å². The second-order valence-electron chi connectivity index (χ2n) is 9.58. The Balaban J connectivity index is 1.53. The van der Waals surface area contributed by atoms with Gasteiger partial charge in [0.25, 0.3) is 11.8 Å². The first kappa shape index (κ1) is 33.2. The summed E-state index contributed by atoms with van der Waals surface area (Å²) >= 11 is 7.21. The number of carboxylic acid groups (broad SMARTS) is 1. The lowest BCUT2D eigenvalue weighted by Crippen LogP contribution is -2.45. The van der Waals surface area contributed by atoms with Gasteiger partial charge in [-0.1, -0.05) is 54.1 Å². The van der Waals surface area contributed by atoms with Gasteiger partial charge in [-0.3, -0.25) is 9.59 Å². The molecule has 0 radical (unpaired) electrons. The van der Waals surface area contributed by atoms with Gasteiger partial charge in [0.15, 0.2) is 0 Å². The van der Waals surface area contributed by atoms with Gasteiger partial charge in [0.1, 0.15) is 23.2 Å². The quantitative estimate of drug-likeness (QED) is 0.137. The fourth-order valence-corrected chi connectivity index (χ4v) is 5.01. The highest BCUT2D eigenvalue weighted by Crippen LogP contribution is 2.29. The van der Waals surface area contributed by atoms with Gasteiger partial charge < -0.3 is 20.5 Å². The lowest BCUT2D eigenvalue weighted by atomic mass is 10.1. The van der Waals surface area contributed by atoms with E-state index in [2.05, 4.69) is 10.6 Å². The number of benzene rings is 4. The standard InChI is InChI=1S/C33H26ClF3N2O5S/c34-25-12-16-27(17-13-25)44-26-14-6-21(7-15-26)18-28(38-30(40)23-8-10-24(11-9-23)33(35,36)37)31(41)39-29(32(42)43)20-45-19-22-4-2-1-3-5-22/h1-18,29H,19-20H2,(H,38,40)(H,39,41)(H,42,43). The molecule has 0 saturated carbocycles. The lowest BCUT2D eigenvalue weighted by Gasteiger charge is -2.17. The Morgan fingerprint density at radius 2 is 1.47 bits per heavy atom. The second kappa shape index (κ2) is 15.3. The van der Waals surface area contributed by atoms with Crippen molar-refractivity contribution < 1.29 is 37.4 Å². The number of nitrogens with one attached hydrogen (secondary N) is 2. The smallest absolute Gasteiger partial charge is 0.416 e. The van der Waals surface area contributed by atoms with Crippen LogP contribution < -0.4 is 15.4 Å². The molecule has 0 spiro atoms. The molecule has 4 rings (SSSR count). The summed E-state index contributed by atoms with van der Waals surface area (Å²) in [5.74, 6) is -1.49. The molecule has 0 saturated heterocycles. The SMILES string of the molecule is O=C(NC(CSCc1ccccc1)C(=O)O)C(=Cc1ccc(Oc2ccc(Cl)cc2)cc1)NC(=O)c1ccc(C(F)(F)F)cc1. The van der Waals surface area contributed by atoms with Gasteiger partial charge in [-0.15, -0.1) is 0 Å². The predicted molar refractivity (Wildman–Crippen MR) is 167 cm³/mol. The van der Waals surface area contributed by atoms with E-state index in [9.17, 15) is 32.7 Å². The molecule has 0 aliphatic carbocycles. The van der Waals surface area contributed by atoms with E-state index in [1.54, 1.807) is 48.5 Å². The zero-order chi connectivity index (χ0) is 32.4. The van der Waals surface area contributed by atoms with Crippen LogP contribution in [0.15, 0.2) is 109 Å². The van der Waals surface area contributed by atoms with Gasteiger partial charge in [0, 0.05) is 22.1 Å². The predicted octanol–water partition coefficient (Wildman–Crippen LogP) is 7.42. The van der Waals surface area contributed by atoms with Crippen LogP contribution in [0.1, 0.15) is 27.0 Å². The fourth-order valence-electron chi connectivity index (χ4n) is 3.88. The van der Waals surface area contributed by atoms with Crippen LogP contribution in [0, 0.1) is 0 Å². The maximum Gasteiger partial charge on any atom is 0.416 e. The molecule has 0 aliphatic rings. The monoisotopic (exact) mass is 654 g/mol. The number of amides is 2. The minimum Gasteiger partial charge on any atom is -0.480 e. The van der Waals surface area contributed by atoms with Crippen molar-refractivity contribution in [2.75, 3.05) is 5.75 Å². The van der Waals surface area contributed by atoms with E-state index in [0.717, 1.165) is 29.8 Å². The topological polar surface area (TPSA) is 105 Å². The van der Waals surface area contributed by atoms with Crippen molar-refractivity contribution in [1.29, 1.82) is 0 Å². The van der Waals surface area contributed by atoms with E-state index in [1.807, 2.05) is 30.3 Å². The molecular formula is C33H26ClF3N2O5S. The van der Waals surface area contributed by atoms with Crippen LogP contribution in [-0.2, 0) is 21.5 Å². The van der Waals surface area contributed by atoms with E-state index >= 15 is 0 Å². The molecular weight excluding hydrogens is 629 g/mol. The van der Waals surface area contributed by atoms with Crippen LogP contribution in [0.2, 0.25) is 5.02 Å². The molecule has 0 heterocycles. The average Bonchev–Trinajstić information content (AvgIpc) is 3.02. The summed E-state index contributed by atoms with van der Waals surface area (Å²) in [5, 5.41) is 15.2. The molecule has 2 amide bonds.